The van der Waals surface area contributed by atoms with Gasteiger partial charge < -0.3 is 24.5 Å². The molecule has 0 amide bonds. The Bertz CT molecular complexity index is 5200. The summed E-state index contributed by atoms with van der Waals surface area (Å²) in [5.41, 5.74) is 26.5. The third kappa shape index (κ3) is 8.94. The summed E-state index contributed by atoms with van der Waals surface area (Å²) in [5.74, 6) is -0.243. The van der Waals surface area contributed by atoms with Gasteiger partial charge in [-0.3, -0.25) is 0 Å². The van der Waals surface area contributed by atoms with Gasteiger partial charge in [0.05, 0.1) is 17.1 Å². The molecule has 14 aromatic carbocycles. The Hall–Kier alpha value is -11.5. The summed E-state index contributed by atoms with van der Waals surface area (Å²) >= 11 is 1.57. The maximum Gasteiger partial charge on any atom is 0.252 e. The van der Waals surface area contributed by atoms with Gasteiger partial charge in [-0.25, -0.2) is 4.39 Å². The maximum absolute atomic E-state index is 20.5. The van der Waals surface area contributed by atoms with E-state index in [1.807, 2.05) is 0 Å². The second-order valence-corrected chi connectivity index (χ2v) is 25.6. The van der Waals surface area contributed by atoms with Gasteiger partial charge in [0.15, 0.2) is 5.82 Å². The molecule has 0 N–H and O–H groups in total. The average Bonchev–Trinajstić information content (AvgIpc) is 0.686. The monoisotopic (exact) mass is 1220 g/mol. The Morgan fingerprint density at radius 2 is 0.755 bits per heavy atom. The first kappa shape index (κ1) is 55.3. The smallest absolute Gasteiger partial charge is 0.252 e. The summed E-state index contributed by atoms with van der Waals surface area (Å²) in [7, 11) is 0. The molecule has 5 nitrogen and oxygen atoms in total. The first-order valence-corrected chi connectivity index (χ1v) is 33.0. The van der Waals surface area contributed by atoms with E-state index in [4.69, 9.17) is 0 Å². The number of benzene rings is 14. The minimum absolute atomic E-state index is 0.243. The standard InChI is InChI=1S/C85H58B2FN5S/c1-57-28-20-24-44-73(57)93-78-53-66(89(61-33-12-4-13-34-61)62-35-14-5-15-36-62)52-77-81(78)86(69-42-22-26-46-75(69)91(77)63-37-16-6-17-38-63)71-56-72-85(83(88)84(71)93)94-80-55-67(54-79-82(80)87(72)70-43-23-27-47-76(70)92(79)64-39-18-7-19-40-64)90(65-50-48-59(49-51-65)58-29-8-2-9-30-58)74-45-25-21-41-68(74)60-31-10-3-11-32-60/h2-56H,1H3. The van der Waals surface area contributed by atoms with Crippen LogP contribution in [0.15, 0.2) is 343 Å². The van der Waals surface area contributed by atoms with E-state index in [9.17, 15) is 0 Å². The highest BCUT2D eigenvalue weighted by Gasteiger charge is 2.49. The molecule has 9 heteroatoms. The van der Waals surface area contributed by atoms with E-state index < -0.39 is 0 Å². The van der Waals surface area contributed by atoms with Crippen LogP contribution in [0.2, 0.25) is 0 Å². The van der Waals surface area contributed by atoms with Crippen molar-refractivity contribution in [2.75, 3.05) is 24.5 Å². The lowest BCUT2D eigenvalue weighted by Gasteiger charge is -2.46. The van der Waals surface area contributed by atoms with Crippen molar-refractivity contribution in [2.24, 2.45) is 0 Å². The lowest BCUT2D eigenvalue weighted by molar-refractivity contribution is 0.606. The predicted octanol–water partition coefficient (Wildman–Crippen LogP) is 19.3. The third-order valence-electron chi connectivity index (χ3n) is 19.2. The van der Waals surface area contributed by atoms with Gasteiger partial charge >= 0.3 is 0 Å². The van der Waals surface area contributed by atoms with Crippen LogP contribution >= 0.6 is 11.8 Å². The van der Waals surface area contributed by atoms with E-state index in [1.165, 1.54) is 0 Å². The number of anilines is 15. The Morgan fingerprint density at radius 1 is 0.319 bits per heavy atom. The number of aryl methyl sites for hydroxylation is 1. The highest BCUT2D eigenvalue weighted by Crippen LogP contribution is 2.53. The number of rotatable bonds is 11. The third-order valence-corrected chi connectivity index (χ3v) is 20.4. The molecule has 0 fully saturated rings. The zero-order valence-electron chi connectivity index (χ0n) is 51.4. The van der Waals surface area contributed by atoms with Crippen LogP contribution < -0.4 is 57.3 Å². The van der Waals surface area contributed by atoms with Gasteiger partial charge in [-0.05, 0) is 166 Å². The van der Waals surface area contributed by atoms with E-state index in [2.05, 4.69) is 365 Å². The van der Waals surface area contributed by atoms with Gasteiger partial charge in [0.25, 0.3) is 6.71 Å². The fourth-order valence-electron chi connectivity index (χ4n) is 15.2. The van der Waals surface area contributed by atoms with Gasteiger partial charge in [-0.15, -0.1) is 0 Å². The molecule has 4 heterocycles. The van der Waals surface area contributed by atoms with Crippen molar-refractivity contribution in [3.8, 4) is 22.3 Å². The topological polar surface area (TPSA) is 16.2 Å². The predicted molar refractivity (Wildman–Crippen MR) is 395 cm³/mol. The van der Waals surface area contributed by atoms with Crippen molar-refractivity contribution in [3.63, 3.8) is 0 Å². The minimum atomic E-state index is -0.369. The Balaban J connectivity index is 0.918. The van der Waals surface area contributed by atoms with Gasteiger partial charge in [-0.2, -0.15) is 0 Å². The van der Waals surface area contributed by atoms with Crippen LogP contribution in [0.4, 0.5) is 89.7 Å². The molecule has 0 unspecified atom stereocenters. The van der Waals surface area contributed by atoms with Crippen LogP contribution in [0.5, 0.6) is 0 Å². The summed E-state index contributed by atoms with van der Waals surface area (Å²) in [5, 5.41) is 0. The number of fused-ring (bicyclic) bond motifs is 8. The van der Waals surface area contributed by atoms with Crippen LogP contribution in [-0.2, 0) is 0 Å². The summed E-state index contributed by atoms with van der Waals surface area (Å²) in [4.78, 5) is 13.5. The molecule has 0 aliphatic carbocycles. The van der Waals surface area contributed by atoms with Crippen molar-refractivity contribution >= 4 is 143 Å². The summed E-state index contributed by atoms with van der Waals surface area (Å²) < 4.78 is 20.5. The Kier molecular flexibility index (Phi) is 13.4. The van der Waals surface area contributed by atoms with Crippen LogP contribution in [-0.4, -0.2) is 13.4 Å². The van der Waals surface area contributed by atoms with Crippen molar-refractivity contribution in [2.45, 2.75) is 16.7 Å². The average molecular weight is 1220 g/mol. The Labute approximate surface area is 552 Å². The Morgan fingerprint density at radius 3 is 1.34 bits per heavy atom. The second-order valence-electron chi connectivity index (χ2n) is 24.5. The molecule has 4 aliphatic rings. The number of halogens is 1. The first-order valence-electron chi connectivity index (χ1n) is 32.2. The quantitative estimate of drug-likeness (QED) is 0.119. The zero-order valence-corrected chi connectivity index (χ0v) is 52.2. The lowest BCUT2D eigenvalue weighted by atomic mass is 9.31. The molecule has 4 aliphatic heterocycles. The molecule has 18 rings (SSSR count). The zero-order chi connectivity index (χ0) is 62.4. The molecular weight excluding hydrogens is 1160 g/mol. The maximum atomic E-state index is 20.5. The van der Waals surface area contributed by atoms with E-state index in [1.54, 1.807) is 11.8 Å². The fraction of sp³-hybridized carbons (Fsp3) is 0.0118. The molecule has 0 atom stereocenters. The fourth-order valence-corrected chi connectivity index (χ4v) is 16.4. The molecular formula is C85H58B2FN5S. The largest absolute Gasteiger partial charge is 0.311 e. The summed E-state index contributed by atoms with van der Waals surface area (Å²) in [6.45, 7) is 1.44. The number of para-hydroxylation sites is 8. The highest BCUT2D eigenvalue weighted by molar-refractivity contribution is 8.00. The molecule has 0 bridgehead atoms. The van der Waals surface area contributed by atoms with E-state index in [0.717, 1.165) is 145 Å². The van der Waals surface area contributed by atoms with E-state index in [0.29, 0.717) is 10.6 Å². The molecule has 0 saturated carbocycles. The number of nitrogens with zero attached hydrogens (tertiary/aromatic N) is 5. The summed E-state index contributed by atoms with van der Waals surface area (Å²) in [6, 6.07) is 120. The molecule has 442 valence electrons. The number of hydrogen-bond acceptors (Lipinski definition) is 6. The molecule has 0 spiro atoms. The van der Waals surface area contributed by atoms with Crippen molar-refractivity contribution in [1.82, 2.24) is 0 Å². The summed E-state index contributed by atoms with van der Waals surface area (Å²) in [6.07, 6.45) is 0. The molecule has 0 radical (unpaired) electrons. The van der Waals surface area contributed by atoms with Crippen LogP contribution in [0.3, 0.4) is 0 Å². The van der Waals surface area contributed by atoms with Crippen LogP contribution in [0, 0.1) is 12.7 Å². The van der Waals surface area contributed by atoms with E-state index >= 15 is 4.39 Å². The van der Waals surface area contributed by atoms with Crippen LogP contribution in [0.1, 0.15) is 5.56 Å². The number of hydrogen-bond donors (Lipinski definition) is 0. The normalized spacial score (nSPS) is 12.9. The second kappa shape index (κ2) is 22.7. The van der Waals surface area contributed by atoms with Gasteiger partial charge in [0.2, 0.25) is 6.71 Å². The molecule has 0 aromatic heterocycles. The van der Waals surface area contributed by atoms with Gasteiger partial charge in [0.1, 0.15) is 0 Å². The van der Waals surface area contributed by atoms with Crippen LogP contribution in [0.25, 0.3) is 22.3 Å². The van der Waals surface area contributed by atoms with Crippen molar-refractivity contribution < 1.29 is 4.39 Å². The van der Waals surface area contributed by atoms with E-state index in [-0.39, 0.29) is 19.2 Å². The molecule has 94 heavy (non-hydrogen) atoms. The first-order chi connectivity index (χ1) is 46.5. The SMILES string of the molecule is Cc1ccccc1N1c2cc(N(c3ccccc3)c3ccccc3)cc3c2B(c2ccccc2N3c2ccccc2)c2cc3c(c(F)c21)Sc1cc(N(c2ccc(-c4ccccc4)cc2)c2ccccc2-c2ccccc2)cc2c1B3c1ccccc1N2c1ccccc1. The molecule has 0 saturated heterocycles. The lowest BCUT2D eigenvalue weighted by Crippen LogP contribution is -2.65. The van der Waals surface area contributed by atoms with Crippen molar-refractivity contribution in [3.05, 3.63) is 345 Å². The minimum Gasteiger partial charge on any atom is -0.311 e. The van der Waals surface area contributed by atoms with Gasteiger partial charge in [-0.1, -0.05) is 242 Å². The molecule has 14 aromatic rings. The van der Waals surface area contributed by atoms with Crippen molar-refractivity contribution in [1.29, 1.82) is 0 Å². The highest BCUT2D eigenvalue weighted by atomic mass is 32.2. The van der Waals surface area contributed by atoms with Gasteiger partial charge in [0, 0.05) is 83.6 Å².